The number of carbonyl (C=O) groups is 1. The second kappa shape index (κ2) is 9.91. The van der Waals surface area contributed by atoms with Crippen LogP contribution in [0.5, 0.6) is 0 Å². The maximum atomic E-state index is 12.6. The third-order valence-corrected chi connectivity index (χ3v) is 7.90. The summed E-state index contributed by atoms with van der Waals surface area (Å²) in [6.45, 7) is 7.56. The van der Waals surface area contributed by atoms with E-state index in [1.165, 1.54) is 39.5 Å². The van der Waals surface area contributed by atoms with Crippen molar-refractivity contribution in [1.29, 1.82) is 0 Å². The molecule has 1 saturated heterocycles. The molecule has 2 aromatic rings. The number of ether oxygens (including phenoxy) is 1. The van der Waals surface area contributed by atoms with E-state index < -0.39 is 10.0 Å². The van der Waals surface area contributed by atoms with Gasteiger partial charge in [-0.1, -0.05) is 30.0 Å². The van der Waals surface area contributed by atoms with Gasteiger partial charge in [0.25, 0.3) is 0 Å². The molecule has 0 radical (unpaired) electrons. The second-order valence-electron chi connectivity index (χ2n) is 7.27. The van der Waals surface area contributed by atoms with Crippen LogP contribution in [0.15, 0.2) is 46.5 Å². The number of thioether (sulfide) groups is 1. The van der Waals surface area contributed by atoms with E-state index in [9.17, 15) is 13.2 Å². The van der Waals surface area contributed by atoms with Crippen molar-refractivity contribution in [3.8, 4) is 0 Å². The van der Waals surface area contributed by atoms with E-state index in [4.69, 9.17) is 4.74 Å². The number of hydrogen-bond donors (Lipinski definition) is 1. The van der Waals surface area contributed by atoms with Crippen molar-refractivity contribution in [2.24, 2.45) is 0 Å². The van der Waals surface area contributed by atoms with Crippen LogP contribution in [0.25, 0.3) is 0 Å². The van der Waals surface area contributed by atoms with Crippen molar-refractivity contribution in [3.63, 3.8) is 0 Å². The standard InChI is InChI=1S/C21H27N3O4S2/c1-15-4-5-18(12-16(15)2)17(3)23-20(25)14-29-21-7-6-19(13-22-21)30(26,27)24-8-10-28-11-9-24/h4-7,12-13,17H,8-11,14H2,1-3H3,(H,23,25)/t17-/m0/s1. The van der Waals surface area contributed by atoms with Gasteiger partial charge in [0.2, 0.25) is 15.9 Å². The normalized spacial score (nSPS) is 16.2. The minimum Gasteiger partial charge on any atom is -0.379 e. The minimum atomic E-state index is -3.56. The molecule has 0 bridgehead atoms. The number of carbonyl (C=O) groups excluding carboxylic acids is 1. The highest BCUT2D eigenvalue weighted by Gasteiger charge is 2.26. The summed E-state index contributed by atoms with van der Waals surface area (Å²) in [7, 11) is -3.56. The fraction of sp³-hybridized carbons (Fsp3) is 0.429. The van der Waals surface area contributed by atoms with Crippen LogP contribution in [0.3, 0.4) is 0 Å². The van der Waals surface area contributed by atoms with Gasteiger partial charge < -0.3 is 10.1 Å². The smallest absolute Gasteiger partial charge is 0.244 e. The molecule has 2 heterocycles. The largest absolute Gasteiger partial charge is 0.379 e. The number of rotatable bonds is 7. The molecule has 9 heteroatoms. The van der Waals surface area contributed by atoms with Gasteiger partial charge in [-0.15, -0.1) is 0 Å². The predicted molar refractivity (Wildman–Crippen MR) is 117 cm³/mol. The van der Waals surface area contributed by atoms with Crippen LogP contribution in [0, 0.1) is 13.8 Å². The molecule has 1 aromatic carbocycles. The van der Waals surface area contributed by atoms with Gasteiger partial charge in [0, 0.05) is 19.3 Å². The number of pyridine rings is 1. The molecule has 0 unspecified atom stereocenters. The monoisotopic (exact) mass is 449 g/mol. The number of nitrogens with one attached hydrogen (secondary N) is 1. The summed E-state index contributed by atoms with van der Waals surface area (Å²) in [5.74, 6) is 0.107. The molecule has 162 valence electrons. The van der Waals surface area contributed by atoms with Crippen LogP contribution < -0.4 is 5.32 Å². The second-order valence-corrected chi connectivity index (χ2v) is 10.2. The number of amides is 1. The highest BCUT2D eigenvalue weighted by Crippen LogP contribution is 2.21. The number of sulfonamides is 1. The van der Waals surface area contributed by atoms with Gasteiger partial charge in [-0.3, -0.25) is 4.79 Å². The Hall–Kier alpha value is -1.94. The molecule has 3 rings (SSSR count). The van der Waals surface area contributed by atoms with Crippen molar-refractivity contribution in [2.75, 3.05) is 32.1 Å². The van der Waals surface area contributed by atoms with Crippen molar-refractivity contribution in [3.05, 3.63) is 53.2 Å². The van der Waals surface area contributed by atoms with Gasteiger partial charge in [0.05, 0.1) is 30.0 Å². The molecule has 0 spiro atoms. The molecular formula is C21H27N3O4S2. The number of aromatic nitrogens is 1. The molecule has 1 N–H and O–H groups in total. The Labute approximate surface area is 182 Å². The molecule has 1 amide bonds. The van der Waals surface area contributed by atoms with Crippen molar-refractivity contribution in [2.45, 2.75) is 36.7 Å². The zero-order valence-corrected chi connectivity index (χ0v) is 19.1. The lowest BCUT2D eigenvalue weighted by Crippen LogP contribution is -2.40. The third kappa shape index (κ3) is 5.60. The summed E-state index contributed by atoms with van der Waals surface area (Å²) in [4.78, 5) is 16.7. The molecule has 7 nitrogen and oxygen atoms in total. The SMILES string of the molecule is Cc1ccc([C@H](C)NC(=O)CSc2ccc(S(=O)(=O)N3CCOCC3)cn2)cc1C. The summed E-state index contributed by atoms with van der Waals surface area (Å²) in [6, 6.07) is 9.25. The molecule has 0 aliphatic carbocycles. The maximum Gasteiger partial charge on any atom is 0.244 e. The number of hydrogen-bond acceptors (Lipinski definition) is 6. The fourth-order valence-electron chi connectivity index (χ4n) is 3.08. The average molecular weight is 450 g/mol. The Kier molecular flexibility index (Phi) is 7.51. The van der Waals surface area contributed by atoms with E-state index in [-0.39, 0.29) is 22.6 Å². The van der Waals surface area contributed by atoms with Gasteiger partial charge >= 0.3 is 0 Å². The molecule has 1 fully saturated rings. The molecular weight excluding hydrogens is 422 g/mol. The van der Waals surface area contributed by atoms with Crippen LogP contribution in [-0.4, -0.2) is 55.7 Å². The third-order valence-electron chi connectivity index (χ3n) is 5.08. The van der Waals surface area contributed by atoms with E-state index in [0.717, 1.165) is 5.56 Å². The summed E-state index contributed by atoms with van der Waals surface area (Å²) >= 11 is 1.27. The highest BCUT2D eigenvalue weighted by molar-refractivity contribution is 7.99. The average Bonchev–Trinajstić information content (AvgIpc) is 2.75. The number of benzene rings is 1. The molecule has 1 aromatic heterocycles. The molecule has 1 atom stereocenters. The Morgan fingerprint density at radius 3 is 2.57 bits per heavy atom. The molecule has 0 saturated carbocycles. The van der Waals surface area contributed by atoms with Crippen LogP contribution in [-0.2, 0) is 19.6 Å². The van der Waals surface area contributed by atoms with Crippen LogP contribution >= 0.6 is 11.8 Å². The number of nitrogens with zero attached hydrogens (tertiary/aromatic N) is 2. The van der Waals surface area contributed by atoms with E-state index in [1.807, 2.05) is 13.0 Å². The highest BCUT2D eigenvalue weighted by atomic mass is 32.2. The quantitative estimate of drug-likeness (QED) is 0.654. The Morgan fingerprint density at radius 2 is 1.93 bits per heavy atom. The number of aryl methyl sites for hydroxylation is 2. The first-order valence-corrected chi connectivity index (χ1v) is 12.2. The molecule has 30 heavy (non-hydrogen) atoms. The molecule has 1 aliphatic heterocycles. The van der Waals surface area contributed by atoms with E-state index >= 15 is 0 Å². The van der Waals surface area contributed by atoms with Gasteiger partial charge in [-0.25, -0.2) is 13.4 Å². The lowest BCUT2D eigenvalue weighted by atomic mass is 10.0. The lowest BCUT2D eigenvalue weighted by Gasteiger charge is -2.25. The van der Waals surface area contributed by atoms with Crippen molar-refractivity contribution >= 4 is 27.7 Å². The maximum absolute atomic E-state index is 12.6. The Balaban J connectivity index is 1.54. The van der Waals surface area contributed by atoms with Gasteiger partial charge in [-0.2, -0.15) is 4.31 Å². The Morgan fingerprint density at radius 1 is 1.20 bits per heavy atom. The first-order chi connectivity index (χ1) is 14.3. The predicted octanol–water partition coefficient (Wildman–Crippen LogP) is 2.69. The first kappa shape index (κ1) is 22.7. The Bertz CT molecular complexity index is 988. The topological polar surface area (TPSA) is 88.6 Å². The summed E-state index contributed by atoms with van der Waals surface area (Å²) in [5, 5.41) is 3.59. The minimum absolute atomic E-state index is 0.0913. The van der Waals surface area contributed by atoms with Crippen molar-refractivity contribution in [1.82, 2.24) is 14.6 Å². The lowest BCUT2D eigenvalue weighted by molar-refractivity contribution is -0.119. The van der Waals surface area contributed by atoms with Crippen LogP contribution in [0.2, 0.25) is 0 Å². The summed E-state index contributed by atoms with van der Waals surface area (Å²) in [5.41, 5.74) is 3.48. The van der Waals surface area contributed by atoms with Crippen LogP contribution in [0.1, 0.15) is 29.7 Å². The van der Waals surface area contributed by atoms with Gasteiger partial charge in [0.1, 0.15) is 4.90 Å². The zero-order valence-electron chi connectivity index (χ0n) is 17.4. The van der Waals surface area contributed by atoms with Gasteiger partial charge in [-0.05, 0) is 49.6 Å². The van der Waals surface area contributed by atoms with E-state index in [1.54, 1.807) is 6.07 Å². The van der Waals surface area contributed by atoms with E-state index in [2.05, 4.69) is 36.3 Å². The van der Waals surface area contributed by atoms with Gasteiger partial charge in [0.15, 0.2) is 0 Å². The molecule has 1 aliphatic rings. The van der Waals surface area contributed by atoms with E-state index in [0.29, 0.717) is 31.3 Å². The summed E-state index contributed by atoms with van der Waals surface area (Å²) in [6.07, 6.45) is 1.35. The first-order valence-electron chi connectivity index (χ1n) is 9.80. The van der Waals surface area contributed by atoms with Crippen LogP contribution in [0.4, 0.5) is 0 Å². The summed E-state index contributed by atoms with van der Waals surface area (Å²) < 4.78 is 31.9. The fourth-order valence-corrected chi connectivity index (χ4v) is 5.09. The number of morpholine rings is 1. The van der Waals surface area contributed by atoms with Crippen molar-refractivity contribution < 1.29 is 17.9 Å². The zero-order chi connectivity index (χ0) is 21.7.